The summed E-state index contributed by atoms with van der Waals surface area (Å²) < 4.78 is 12.1. The van der Waals surface area contributed by atoms with Crippen LogP contribution in [0, 0.1) is 13.7 Å². The first-order valence-electron chi connectivity index (χ1n) is 10.6. The minimum Gasteiger partial charge on any atom is -0.493 e. The van der Waals surface area contributed by atoms with Gasteiger partial charge in [-0.1, -0.05) is 23.7 Å². The molecule has 3 aromatic carbocycles. The Kier molecular flexibility index (Phi) is 7.74. The van der Waals surface area contributed by atoms with E-state index in [2.05, 4.69) is 27.9 Å². The van der Waals surface area contributed by atoms with Gasteiger partial charge >= 0.3 is 6.03 Å². The molecule has 0 spiro atoms. The molecule has 1 aliphatic rings. The Balaban J connectivity index is 1.62. The van der Waals surface area contributed by atoms with Gasteiger partial charge in [-0.25, -0.2) is 9.69 Å². The topological polar surface area (TPSA) is 128 Å². The van der Waals surface area contributed by atoms with Crippen LogP contribution in [0.2, 0.25) is 5.02 Å². The number of carbonyl (C=O) groups is 3. The van der Waals surface area contributed by atoms with Gasteiger partial charge in [-0.05, 0) is 76.2 Å². The van der Waals surface area contributed by atoms with Gasteiger partial charge in [-0.2, -0.15) is 0 Å². The molecule has 1 heterocycles. The van der Waals surface area contributed by atoms with Crippen molar-refractivity contribution in [1.29, 1.82) is 0 Å². The molecule has 3 aromatic rings. The van der Waals surface area contributed by atoms with Gasteiger partial charge in [0.1, 0.15) is 12.2 Å². The Bertz CT molecular complexity index is 1440. The smallest absolute Gasteiger partial charge is 0.335 e. The van der Waals surface area contributed by atoms with Gasteiger partial charge < -0.3 is 9.47 Å². The highest BCUT2D eigenvalue weighted by molar-refractivity contribution is 14.1. The van der Waals surface area contributed by atoms with Crippen molar-refractivity contribution < 1.29 is 28.8 Å². The zero-order chi connectivity index (χ0) is 26.7. The van der Waals surface area contributed by atoms with Gasteiger partial charge in [-0.15, -0.1) is 0 Å². The fourth-order valence-corrected chi connectivity index (χ4v) is 4.39. The third kappa shape index (κ3) is 5.73. The van der Waals surface area contributed by atoms with Crippen molar-refractivity contribution in [2.75, 3.05) is 12.0 Å². The van der Waals surface area contributed by atoms with Gasteiger partial charge in [0, 0.05) is 17.2 Å². The predicted molar refractivity (Wildman–Crippen MR) is 144 cm³/mol. The van der Waals surface area contributed by atoms with E-state index in [9.17, 15) is 24.5 Å². The molecule has 10 nitrogen and oxygen atoms in total. The summed E-state index contributed by atoms with van der Waals surface area (Å²) >= 11 is 7.98. The lowest BCUT2D eigenvalue weighted by atomic mass is 10.1. The van der Waals surface area contributed by atoms with E-state index >= 15 is 0 Å². The molecule has 0 bridgehead atoms. The number of amides is 4. The number of anilines is 1. The van der Waals surface area contributed by atoms with Gasteiger partial charge in [0.15, 0.2) is 11.5 Å². The number of nitrogens with zero attached hydrogens (tertiary/aromatic N) is 2. The Morgan fingerprint density at radius 1 is 1.08 bits per heavy atom. The number of nitro benzene ring substituents is 1. The number of rotatable bonds is 7. The van der Waals surface area contributed by atoms with E-state index in [1.807, 2.05) is 12.1 Å². The fraction of sp³-hybridized carbons (Fsp3) is 0.0800. The van der Waals surface area contributed by atoms with Crippen molar-refractivity contribution in [2.24, 2.45) is 0 Å². The lowest BCUT2D eigenvalue weighted by Crippen LogP contribution is -2.54. The molecule has 4 amide bonds. The summed E-state index contributed by atoms with van der Waals surface area (Å²) in [6.45, 7) is 0.261. The molecule has 0 atom stereocenters. The number of barbiturate groups is 1. The summed E-state index contributed by atoms with van der Waals surface area (Å²) in [5.41, 5.74) is 0.918. The van der Waals surface area contributed by atoms with Gasteiger partial charge in [0.25, 0.3) is 17.5 Å². The number of nitro groups is 1. The normalized spacial score (nSPS) is 14.5. The van der Waals surface area contributed by atoms with E-state index in [4.69, 9.17) is 21.1 Å². The average molecular weight is 634 g/mol. The monoisotopic (exact) mass is 633 g/mol. The highest BCUT2D eigenvalue weighted by Crippen LogP contribution is 2.35. The number of hydrogen-bond acceptors (Lipinski definition) is 7. The molecule has 188 valence electrons. The number of nitrogens with one attached hydrogen (secondary N) is 1. The first-order chi connectivity index (χ1) is 17.7. The van der Waals surface area contributed by atoms with Crippen LogP contribution in [0.1, 0.15) is 11.1 Å². The summed E-state index contributed by atoms with van der Waals surface area (Å²) in [7, 11) is 1.46. The molecule has 4 rings (SSSR count). The highest BCUT2D eigenvalue weighted by Gasteiger charge is 2.37. The molecule has 0 aliphatic carbocycles. The zero-order valence-electron chi connectivity index (χ0n) is 19.1. The van der Waals surface area contributed by atoms with Crippen molar-refractivity contribution >= 4 is 69.5 Å². The fourth-order valence-electron chi connectivity index (χ4n) is 3.48. The molecule has 0 saturated carbocycles. The van der Waals surface area contributed by atoms with Crippen LogP contribution in [0.15, 0.2) is 66.2 Å². The van der Waals surface area contributed by atoms with Crippen LogP contribution in [-0.4, -0.2) is 29.9 Å². The van der Waals surface area contributed by atoms with Crippen molar-refractivity contribution in [1.82, 2.24) is 5.32 Å². The van der Waals surface area contributed by atoms with Crippen LogP contribution in [0.3, 0.4) is 0 Å². The quantitative estimate of drug-likeness (QED) is 0.126. The molecule has 1 saturated heterocycles. The second-order valence-corrected chi connectivity index (χ2v) is 9.28. The van der Waals surface area contributed by atoms with Crippen LogP contribution >= 0.6 is 34.2 Å². The van der Waals surface area contributed by atoms with E-state index in [1.54, 1.807) is 24.3 Å². The van der Waals surface area contributed by atoms with E-state index in [0.717, 1.165) is 22.6 Å². The second kappa shape index (κ2) is 11.0. The van der Waals surface area contributed by atoms with Crippen LogP contribution in [0.4, 0.5) is 16.2 Å². The Morgan fingerprint density at radius 2 is 1.76 bits per heavy atom. The zero-order valence-corrected chi connectivity index (χ0v) is 22.0. The molecule has 1 N–H and O–H groups in total. The lowest BCUT2D eigenvalue weighted by Gasteiger charge is -2.26. The molecule has 1 fully saturated rings. The summed E-state index contributed by atoms with van der Waals surface area (Å²) in [6, 6.07) is 14.3. The number of halogens is 2. The summed E-state index contributed by atoms with van der Waals surface area (Å²) in [4.78, 5) is 49.1. The highest BCUT2D eigenvalue weighted by atomic mass is 127. The third-order valence-electron chi connectivity index (χ3n) is 5.28. The minimum atomic E-state index is -0.959. The number of non-ortho nitro benzene ring substituents is 1. The van der Waals surface area contributed by atoms with Crippen molar-refractivity contribution in [3.8, 4) is 11.5 Å². The Hall–Kier alpha value is -3.97. The van der Waals surface area contributed by atoms with Gasteiger partial charge in [-0.3, -0.25) is 25.0 Å². The minimum absolute atomic E-state index is 0.0737. The standard InChI is InChI=1S/C25H17ClIN3O7/c1-36-21-12-15(11-20(27)22(21)37-13-14-2-4-16(26)5-3-14)10-19-23(31)28-25(33)29(24(19)32)17-6-8-18(9-7-17)30(34)35/h2-12H,13H2,1H3,(H,28,31,33)/b19-10+. The number of carbonyl (C=O) groups excluding carboxylic acids is 3. The molecular weight excluding hydrogens is 617 g/mol. The van der Waals surface area contributed by atoms with Crippen LogP contribution in [0.5, 0.6) is 11.5 Å². The van der Waals surface area contributed by atoms with Crippen LogP contribution in [-0.2, 0) is 16.2 Å². The van der Waals surface area contributed by atoms with E-state index in [0.29, 0.717) is 25.7 Å². The van der Waals surface area contributed by atoms with Gasteiger partial charge in [0.05, 0.1) is 21.3 Å². The van der Waals surface area contributed by atoms with Crippen molar-refractivity contribution in [2.45, 2.75) is 6.61 Å². The van der Waals surface area contributed by atoms with Crippen LogP contribution < -0.4 is 19.7 Å². The number of methoxy groups -OCH3 is 1. The number of imide groups is 2. The average Bonchev–Trinajstić information content (AvgIpc) is 2.86. The van der Waals surface area contributed by atoms with Crippen molar-refractivity contribution in [3.63, 3.8) is 0 Å². The molecule has 12 heteroatoms. The molecule has 37 heavy (non-hydrogen) atoms. The largest absolute Gasteiger partial charge is 0.493 e. The number of hydrogen-bond donors (Lipinski definition) is 1. The summed E-state index contributed by atoms with van der Waals surface area (Å²) in [5.74, 6) is -0.896. The number of benzene rings is 3. The predicted octanol–water partition coefficient (Wildman–Crippen LogP) is 5.11. The van der Waals surface area contributed by atoms with E-state index in [-0.39, 0.29) is 23.6 Å². The Labute approximate surface area is 229 Å². The second-order valence-electron chi connectivity index (χ2n) is 7.68. The van der Waals surface area contributed by atoms with Crippen LogP contribution in [0.25, 0.3) is 6.08 Å². The van der Waals surface area contributed by atoms with Crippen molar-refractivity contribution in [3.05, 3.63) is 96.1 Å². The molecular formula is C25H17ClIN3O7. The third-order valence-corrected chi connectivity index (χ3v) is 6.33. The Morgan fingerprint density at radius 3 is 2.38 bits per heavy atom. The summed E-state index contributed by atoms with van der Waals surface area (Å²) in [6.07, 6.45) is 1.33. The molecule has 0 aromatic heterocycles. The van der Waals surface area contributed by atoms with E-state index in [1.165, 1.54) is 25.3 Å². The number of ether oxygens (including phenoxy) is 2. The molecule has 0 unspecified atom stereocenters. The maximum absolute atomic E-state index is 13.1. The van der Waals surface area contributed by atoms with Gasteiger partial charge in [0.2, 0.25) is 0 Å². The lowest BCUT2D eigenvalue weighted by molar-refractivity contribution is -0.384. The molecule has 1 aliphatic heterocycles. The number of urea groups is 1. The van der Waals surface area contributed by atoms with E-state index < -0.39 is 22.8 Å². The maximum Gasteiger partial charge on any atom is 0.335 e. The SMILES string of the molecule is COc1cc(/C=C2\C(=O)NC(=O)N(c3ccc([N+](=O)[O-])cc3)C2=O)cc(I)c1OCc1ccc(Cl)cc1. The first kappa shape index (κ1) is 26.1. The molecule has 0 radical (unpaired) electrons. The maximum atomic E-state index is 13.1. The summed E-state index contributed by atoms with van der Waals surface area (Å²) in [5, 5.41) is 13.6. The first-order valence-corrected chi connectivity index (χ1v) is 12.0.